The van der Waals surface area contributed by atoms with E-state index in [2.05, 4.69) is 15.9 Å². The van der Waals surface area contributed by atoms with E-state index in [0.717, 1.165) is 47.4 Å². The molecule has 2 saturated heterocycles. The van der Waals surface area contributed by atoms with Gasteiger partial charge in [-0.2, -0.15) is 11.8 Å². The largest absolute Gasteiger partial charge is 0.488 e. The molecule has 0 amide bonds. The molecule has 5 heteroatoms. The number of nitrogens with two attached hydrogens (primary N) is 1. The second kappa shape index (κ2) is 5.78. The molecule has 1 spiro atoms. The van der Waals surface area contributed by atoms with Crippen LogP contribution in [0.4, 0.5) is 5.69 Å². The van der Waals surface area contributed by atoms with Gasteiger partial charge in [-0.15, -0.1) is 0 Å². The molecule has 20 heavy (non-hydrogen) atoms. The van der Waals surface area contributed by atoms with Gasteiger partial charge in [0.05, 0.1) is 17.9 Å². The number of hydrogen-bond acceptors (Lipinski definition) is 4. The van der Waals surface area contributed by atoms with Crippen LogP contribution in [0, 0.1) is 6.92 Å². The van der Waals surface area contributed by atoms with Crippen LogP contribution in [-0.4, -0.2) is 29.8 Å². The van der Waals surface area contributed by atoms with Crippen molar-refractivity contribution < 1.29 is 9.47 Å². The number of benzene rings is 1. The molecule has 2 unspecified atom stereocenters. The van der Waals surface area contributed by atoms with Gasteiger partial charge < -0.3 is 15.2 Å². The van der Waals surface area contributed by atoms with Crippen molar-refractivity contribution in [1.29, 1.82) is 0 Å². The van der Waals surface area contributed by atoms with E-state index < -0.39 is 0 Å². The van der Waals surface area contributed by atoms with Gasteiger partial charge in [-0.25, -0.2) is 0 Å². The van der Waals surface area contributed by atoms with Crippen molar-refractivity contribution in [3.8, 4) is 5.75 Å². The number of hydrogen-bond donors (Lipinski definition) is 1. The highest BCUT2D eigenvalue weighted by atomic mass is 79.9. The third-order valence-electron chi connectivity index (χ3n) is 4.07. The Morgan fingerprint density at radius 2 is 2.35 bits per heavy atom. The summed E-state index contributed by atoms with van der Waals surface area (Å²) < 4.78 is 13.3. The Balaban J connectivity index is 1.74. The predicted octanol–water partition coefficient (Wildman–Crippen LogP) is 3.77. The molecule has 0 radical (unpaired) electrons. The molecule has 0 aliphatic carbocycles. The standard InChI is InChI=1S/C15H20BrNO2S/c1-10-6-11(16)7-13(17)14(10)19-12-2-4-18-15(8-12)3-5-20-9-15/h6-7,12H,2-5,8-9,17H2,1H3. The maximum absolute atomic E-state index is 6.22. The van der Waals surface area contributed by atoms with Gasteiger partial charge >= 0.3 is 0 Å². The fraction of sp³-hybridized carbons (Fsp3) is 0.600. The van der Waals surface area contributed by atoms with Gasteiger partial charge in [-0.3, -0.25) is 0 Å². The van der Waals surface area contributed by atoms with E-state index >= 15 is 0 Å². The van der Waals surface area contributed by atoms with Crippen molar-refractivity contribution in [1.82, 2.24) is 0 Å². The molecule has 1 aromatic rings. The van der Waals surface area contributed by atoms with Crippen molar-refractivity contribution in [2.45, 2.75) is 37.9 Å². The maximum atomic E-state index is 6.22. The smallest absolute Gasteiger partial charge is 0.145 e. The lowest BCUT2D eigenvalue weighted by atomic mass is 9.91. The average Bonchev–Trinajstić information content (AvgIpc) is 2.82. The molecule has 1 aromatic carbocycles. The maximum Gasteiger partial charge on any atom is 0.145 e. The van der Waals surface area contributed by atoms with Crippen LogP contribution in [0.3, 0.4) is 0 Å². The highest BCUT2D eigenvalue weighted by Crippen LogP contribution is 2.40. The van der Waals surface area contributed by atoms with E-state index in [1.54, 1.807) is 0 Å². The normalized spacial score (nSPS) is 29.8. The summed E-state index contributed by atoms with van der Waals surface area (Å²) in [5.41, 5.74) is 7.93. The van der Waals surface area contributed by atoms with E-state index in [-0.39, 0.29) is 11.7 Å². The fourth-order valence-corrected chi connectivity index (χ4v) is 5.00. The average molecular weight is 358 g/mol. The summed E-state index contributed by atoms with van der Waals surface area (Å²) in [4.78, 5) is 0. The third-order valence-corrected chi connectivity index (χ3v) is 5.75. The molecule has 3 rings (SSSR count). The van der Waals surface area contributed by atoms with Crippen molar-refractivity contribution in [2.24, 2.45) is 0 Å². The van der Waals surface area contributed by atoms with Crippen molar-refractivity contribution >= 4 is 33.4 Å². The number of ether oxygens (including phenoxy) is 2. The number of anilines is 1. The summed E-state index contributed by atoms with van der Waals surface area (Å²) in [5, 5.41) is 0. The van der Waals surface area contributed by atoms with Crippen LogP contribution < -0.4 is 10.5 Å². The molecule has 3 nitrogen and oxygen atoms in total. The summed E-state index contributed by atoms with van der Waals surface area (Å²) in [7, 11) is 0. The molecule has 2 N–H and O–H groups in total. The van der Waals surface area contributed by atoms with Crippen LogP contribution >= 0.6 is 27.7 Å². The minimum Gasteiger partial charge on any atom is -0.488 e. The molecule has 2 aliphatic heterocycles. The number of halogens is 1. The molecule has 110 valence electrons. The quantitative estimate of drug-likeness (QED) is 0.818. The number of rotatable bonds is 2. The summed E-state index contributed by atoms with van der Waals surface area (Å²) in [6, 6.07) is 3.95. The fourth-order valence-electron chi connectivity index (χ4n) is 3.03. The monoisotopic (exact) mass is 357 g/mol. The number of nitrogen functional groups attached to an aromatic ring is 1. The second-order valence-corrected chi connectivity index (χ2v) is 7.73. The lowest BCUT2D eigenvalue weighted by molar-refractivity contribution is -0.0958. The van der Waals surface area contributed by atoms with Gasteiger partial charge in [-0.1, -0.05) is 15.9 Å². The molecule has 0 bridgehead atoms. The molecule has 0 saturated carbocycles. The van der Waals surface area contributed by atoms with E-state index in [1.807, 2.05) is 30.8 Å². The molecule has 2 fully saturated rings. The zero-order valence-corrected chi connectivity index (χ0v) is 14.1. The van der Waals surface area contributed by atoms with E-state index in [4.69, 9.17) is 15.2 Å². The minimum absolute atomic E-state index is 0.0472. The van der Waals surface area contributed by atoms with Gasteiger partial charge in [0.15, 0.2) is 0 Å². The second-order valence-electron chi connectivity index (χ2n) is 5.71. The van der Waals surface area contributed by atoms with Crippen LogP contribution in [0.2, 0.25) is 0 Å². The Labute approximate surface area is 132 Å². The molecular formula is C15H20BrNO2S. The van der Waals surface area contributed by atoms with E-state index in [0.29, 0.717) is 5.69 Å². The third kappa shape index (κ3) is 2.95. The van der Waals surface area contributed by atoms with E-state index in [1.165, 1.54) is 5.75 Å². The highest BCUT2D eigenvalue weighted by Gasteiger charge is 2.41. The Kier molecular flexibility index (Phi) is 4.20. The summed E-state index contributed by atoms with van der Waals surface area (Å²) in [5.74, 6) is 3.13. The van der Waals surface area contributed by atoms with Crippen LogP contribution in [-0.2, 0) is 4.74 Å². The molecule has 0 aromatic heterocycles. The lowest BCUT2D eigenvalue weighted by Gasteiger charge is -2.38. The van der Waals surface area contributed by atoms with Crippen molar-refractivity contribution in [3.05, 3.63) is 22.2 Å². The lowest BCUT2D eigenvalue weighted by Crippen LogP contribution is -2.44. The molecule has 2 heterocycles. The topological polar surface area (TPSA) is 44.5 Å². The van der Waals surface area contributed by atoms with Gasteiger partial charge in [0.25, 0.3) is 0 Å². The zero-order valence-electron chi connectivity index (χ0n) is 11.7. The van der Waals surface area contributed by atoms with Gasteiger partial charge in [0, 0.05) is 23.1 Å². The zero-order chi connectivity index (χ0) is 14.2. The first kappa shape index (κ1) is 14.5. The molecular weight excluding hydrogens is 338 g/mol. The number of thioether (sulfide) groups is 1. The predicted molar refractivity (Wildman–Crippen MR) is 87.6 cm³/mol. The van der Waals surface area contributed by atoms with Crippen LogP contribution in [0.5, 0.6) is 5.75 Å². The first-order valence-corrected chi connectivity index (χ1v) is 8.97. The number of aryl methyl sites for hydroxylation is 1. The molecule has 2 atom stereocenters. The van der Waals surface area contributed by atoms with Gasteiger partial charge in [0.2, 0.25) is 0 Å². The van der Waals surface area contributed by atoms with Crippen LogP contribution in [0.25, 0.3) is 0 Å². The van der Waals surface area contributed by atoms with Crippen molar-refractivity contribution in [2.75, 3.05) is 23.8 Å². The summed E-state index contributed by atoms with van der Waals surface area (Å²) in [6.45, 7) is 2.83. The van der Waals surface area contributed by atoms with Crippen molar-refractivity contribution in [3.63, 3.8) is 0 Å². The summed E-state index contributed by atoms with van der Waals surface area (Å²) >= 11 is 5.45. The summed E-state index contributed by atoms with van der Waals surface area (Å²) in [6.07, 6.45) is 3.28. The van der Waals surface area contributed by atoms with E-state index in [9.17, 15) is 0 Å². The Morgan fingerprint density at radius 1 is 1.50 bits per heavy atom. The highest BCUT2D eigenvalue weighted by molar-refractivity contribution is 9.10. The van der Waals surface area contributed by atoms with Crippen LogP contribution in [0.1, 0.15) is 24.8 Å². The first-order valence-electron chi connectivity index (χ1n) is 7.02. The first-order chi connectivity index (χ1) is 9.58. The van der Waals surface area contributed by atoms with Crippen LogP contribution in [0.15, 0.2) is 16.6 Å². The van der Waals surface area contributed by atoms with Gasteiger partial charge in [-0.05, 0) is 36.8 Å². The Bertz CT molecular complexity index is 480. The Hall–Kier alpha value is -0.390. The SMILES string of the molecule is Cc1cc(Br)cc(N)c1OC1CCOC2(CCSC2)C1. The molecule has 2 aliphatic rings. The Morgan fingerprint density at radius 3 is 3.05 bits per heavy atom. The van der Waals surface area contributed by atoms with Gasteiger partial charge in [0.1, 0.15) is 11.9 Å². The minimum atomic E-state index is 0.0472.